The fraction of sp³-hybridized carbons (Fsp3) is 0. The van der Waals surface area contributed by atoms with E-state index in [1.165, 1.54) is 18.2 Å². The van der Waals surface area contributed by atoms with Gasteiger partial charge in [0.1, 0.15) is 5.82 Å². The minimum atomic E-state index is -1.21. The first kappa shape index (κ1) is 18.6. The van der Waals surface area contributed by atoms with Gasteiger partial charge in [0.05, 0.1) is 0 Å². The number of allylic oxidation sites excluding steroid dienone is 1. The molecule has 0 radical (unpaired) electrons. The summed E-state index contributed by atoms with van der Waals surface area (Å²) in [4.78, 5) is 22.8. The monoisotopic (exact) mass is 353 g/mol. The molecule has 7 heteroatoms. The summed E-state index contributed by atoms with van der Waals surface area (Å²) >= 11 is 0. The number of carboxylic acid groups (broad SMARTS) is 1. The Morgan fingerprint density at radius 1 is 1.12 bits per heavy atom. The summed E-state index contributed by atoms with van der Waals surface area (Å²) in [5.41, 5.74) is 6.82. The van der Waals surface area contributed by atoms with Gasteiger partial charge in [0.25, 0.3) is 0 Å². The number of carboxylic acids is 1. The molecule has 2 aromatic rings. The molecule has 6 nitrogen and oxygen atoms in total. The van der Waals surface area contributed by atoms with Crippen LogP contribution in [-0.4, -0.2) is 22.8 Å². The number of hydrogen-bond donors (Lipinski definition) is 4. The Morgan fingerprint density at radius 3 is 2.58 bits per heavy atom. The van der Waals surface area contributed by atoms with E-state index in [1.807, 2.05) is 0 Å². The molecule has 0 amide bonds. The van der Waals surface area contributed by atoms with Crippen LogP contribution in [-0.2, 0) is 4.79 Å². The smallest absolute Gasteiger partial charge is 0.328 e. The van der Waals surface area contributed by atoms with Crippen molar-refractivity contribution in [1.29, 1.82) is 5.41 Å². The van der Waals surface area contributed by atoms with Gasteiger partial charge in [-0.2, -0.15) is 0 Å². The maximum absolute atomic E-state index is 13.7. The van der Waals surface area contributed by atoms with Crippen molar-refractivity contribution in [1.82, 2.24) is 0 Å². The number of nitrogens with one attached hydrogen (secondary N) is 2. The average Bonchev–Trinajstić information content (AvgIpc) is 2.58. The largest absolute Gasteiger partial charge is 0.478 e. The van der Waals surface area contributed by atoms with Crippen molar-refractivity contribution in [2.24, 2.45) is 5.73 Å². The van der Waals surface area contributed by atoms with Crippen LogP contribution in [0.15, 0.2) is 54.6 Å². The zero-order valence-corrected chi connectivity index (χ0v) is 13.6. The number of ketones is 1. The minimum Gasteiger partial charge on any atom is -0.478 e. The maximum Gasteiger partial charge on any atom is 0.328 e. The highest BCUT2D eigenvalue weighted by atomic mass is 19.1. The lowest BCUT2D eigenvalue weighted by molar-refractivity contribution is -0.131. The fourth-order valence-electron chi connectivity index (χ4n) is 2.13. The standard InChI is InChI=1S/C19H16FN3O3/c20-16-7-5-14(11-13(16)6-9-18(25)26)17(24)8-4-12-2-1-3-15(10-12)23-19(21)22/h1-11H,(H,25,26)(H4,21,22,23). The van der Waals surface area contributed by atoms with Crippen molar-refractivity contribution in [3.63, 3.8) is 0 Å². The third kappa shape index (κ3) is 5.41. The van der Waals surface area contributed by atoms with E-state index in [4.69, 9.17) is 16.2 Å². The molecular weight excluding hydrogens is 337 g/mol. The fourth-order valence-corrected chi connectivity index (χ4v) is 2.13. The van der Waals surface area contributed by atoms with Gasteiger partial charge >= 0.3 is 5.97 Å². The van der Waals surface area contributed by atoms with Crippen molar-refractivity contribution in [3.05, 3.63) is 77.1 Å². The number of anilines is 1. The van der Waals surface area contributed by atoms with Gasteiger partial charge in [0.2, 0.25) is 0 Å². The van der Waals surface area contributed by atoms with E-state index in [9.17, 15) is 14.0 Å². The van der Waals surface area contributed by atoms with E-state index < -0.39 is 11.8 Å². The number of aliphatic carboxylic acids is 1. The number of rotatable bonds is 6. The van der Waals surface area contributed by atoms with Crippen LogP contribution in [0, 0.1) is 11.2 Å². The van der Waals surface area contributed by atoms with Gasteiger partial charge in [-0.05, 0) is 48.0 Å². The zero-order chi connectivity index (χ0) is 19.1. The predicted octanol–water partition coefficient (Wildman–Crippen LogP) is 3.12. The van der Waals surface area contributed by atoms with Crippen molar-refractivity contribution >= 4 is 35.6 Å². The lowest BCUT2D eigenvalue weighted by atomic mass is 10.0. The highest BCUT2D eigenvalue weighted by molar-refractivity contribution is 6.07. The second-order valence-corrected chi connectivity index (χ2v) is 5.27. The average molecular weight is 353 g/mol. The Labute approximate surface area is 149 Å². The molecule has 0 aliphatic carbocycles. The molecular formula is C19H16FN3O3. The van der Waals surface area contributed by atoms with Crippen molar-refractivity contribution in [2.45, 2.75) is 0 Å². The Hall–Kier alpha value is -3.74. The Bertz CT molecular complexity index is 920. The maximum atomic E-state index is 13.7. The number of halogens is 1. The molecule has 0 aliphatic rings. The van der Waals surface area contributed by atoms with Crippen molar-refractivity contribution in [3.8, 4) is 0 Å². The molecule has 0 fully saturated rings. The Balaban J connectivity index is 2.19. The van der Waals surface area contributed by atoms with E-state index >= 15 is 0 Å². The van der Waals surface area contributed by atoms with Crippen molar-refractivity contribution < 1.29 is 19.1 Å². The molecule has 2 rings (SSSR count). The van der Waals surface area contributed by atoms with Gasteiger partial charge in [-0.3, -0.25) is 10.2 Å². The van der Waals surface area contributed by atoms with Crippen LogP contribution in [0.1, 0.15) is 21.5 Å². The van der Waals surface area contributed by atoms with Crippen LogP contribution in [0.4, 0.5) is 10.1 Å². The van der Waals surface area contributed by atoms with E-state index in [0.29, 0.717) is 11.3 Å². The zero-order valence-electron chi connectivity index (χ0n) is 13.6. The number of carbonyl (C=O) groups excluding carboxylic acids is 1. The van der Waals surface area contributed by atoms with Crippen LogP contribution in [0.25, 0.3) is 12.2 Å². The van der Waals surface area contributed by atoms with Crippen LogP contribution in [0.5, 0.6) is 0 Å². The molecule has 0 unspecified atom stereocenters. The summed E-state index contributed by atoms with van der Waals surface area (Å²) in [7, 11) is 0. The molecule has 0 aromatic heterocycles. The second-order valence-electron chi connectivity index (χ2n) is 5.27. The van der Waals surface area contributed by atoms with E-state index in [0.717, 1.165) is 18.2 Å². The number of benzene rings is 2. The molecule has 0 saturated heterocycles. The molecule has 132 valence electrons. The van der Waals surface area contributed by atoms with Crippen molar-refractivity contribution in [2.75, 3.05) is 5.32 Å². The minimum absolute atomic E-state index is 0.0132. The Morgan fingerprint density at radius 2 is 1.88 bits per heavy atom. The molecule has 26 heavy (non-hydrogen) atoms. The number of guanidine groups is 1. The molecule has 0 bridgehead atoms. The van der Waals surface area contributed by atoms with E-state index in [1.54, 1.807) is 30.3 Å². The van der Waals surface area contributed by atoms with Gasteiger partial charge in [0.15, 0.2) is 11.7 Å². The van der Waals surface area contributed by atoms with Crippen LogP contribution in [0.2, 0.25) is 0 Å². The first-order chi connectivity index (χ1) is 12.3. The van der Waals surface area contributed by atoms with Gasteiger partial charge < -0.3 is 16.2 Å². The highest BCUT2D eigenvalue weighted by Crippen LogP contribution is 2.15. The molecule has 2 aromatic carbocycles. The highest BCUT2D eigenvalue weighted by Gasteiger charge is 2.06. The molecule has 0 atom stereocenters. The lowest BCUT2D eigenvalue weighted by Crippen LogP contribution is -2.20. The van der Waals surface area contributed by atoms with Gasteiger partial charge in [-0.25, -0.2) is 9.18 Å². The number of hydrogen-bond acceptors (Lipinski definition) is 3. The summed E-state index contributed by atoms with van der Waals surface area (Å²) < 4.78 is 13.7. The quantitative estimate of drug-likeness (QED) is 0.276. The molecule has 0 spiro atoms. The van der Waals surface area contributed by atoms with Crippen LogP contribution in [0.3, 0.4) is 0 Å². The third-order valence-corrected chi connectivity index (χ3v) is 3.28. The van der Waals surface area contributed by atoms with Gasteiger partial charge in [-0.15, -0.1) is 0 Å². The van der Waals surface area contributed by atoms with Crippen LogP contribution >= 0.6 is 0 Å². The van der Waals surface area contributed by atoms with Crippen LogP contribution < -0.4 is 11.1 Å². The normalized spacial score (nSPS) is 11.0. The predicted molar refractivity (Wildman–Crippen MR) is 98.4 cm³/mol. The lowest BCUT2D eigenvalue weighted by Gasteiger charge is -2.04. The Kier molecular flexibility index (Phi) is 6.00. The summed E-state index contributed by atoms with van der Waals surface area (Å²) in [5.74, 6) is -2.39. The number of nitrogens with two attached hydrogens (primary N) is 1. The SMILES string of the molecule is N=C(N)Nc1cccc(C=CC(=O)c2ccc(F)c(C=CC(=O)O)c2)c1. The first-order valence-corrected chi connectivity index (χ1v) is 7.49. The van der Waals surface area contributed by atoms with Gasteiger partial charge in [0, 0.05) is 22.9 Å². The number of carbonyl (C=O) groups is 2. The summed E-state index contributed by atoms with van der Waals surface area (Å²) in [6.07, 6.45) is 4.79. The summed E-state index contributed by atoms with van der Waals surface area (Å²) in [6, 6.07) is 10.7. The topological polar surface area (TPSA) is 116 Å². The molecule has 0 saturated carbocycles. The van der Waals surface area contributed by atoms with E-state index in [2.05, 4.69) is 5.32 Å². The molecule has 0 heterocycles. The second kappa shape index (κ2) is 8.39. The first-order valence-electron chi connectivity index (χ1n) is 7.49. The van der Waals surface area contributed by atoms with E-state index in [-0.39, 0.29) is 22.9 Å². The summed E-state index contributed by atoms with van der Waals surface area (Å²) in [6.45, 7) is 0. The molecule has 0 aliphatic heterocycles. The molecule has 5 N–H and O–H groups in total. The van der Waals surface area contributed by atoms with Gasteiger partial charge in [-0.1, -0.05) is 18.2 Å². The third-order valence-electron chi connectivity index (χ3n) is 3.28. The summed E-state index contributed by atoms with van der Waals surface area (Å²) in [5, 5.41) is 18.5.